The normalized spacial score (nSPS) is 11.3. The summed E-state index contributed by atoms with van der Waals surface area (Å²) in [6.45, 7) is 0. The predicted molar refractivity (Wildman–Crippen MR) is 110 cm³/mol. The van der Waals surface area contributed by atoms with Crippen molar-refractivity contribution in [3.8, 4) is 10.6 Å². The third-order valence-electron chi connectivity index (χ3n) is 3.94. The van der Waals surface area contributed by atoms with Crippen molar-refractivity contribution in [2.75, 3.05) is 16.8 Å². The number of sulfone groups is 1. The van der Waals surface area contributed by atoms with Gasteiger partial charge in [0, 0.05) is 22.8 Å². The lowest BCUT2D eigenvalue weighted by molar-refractivity contribution is -0.113. The van der Waals surface area contributed by atoms with Crippen LogP contribution >= 0.6 is 11.3 Å². The SMILES string of the molecule is O=C(CS(=O)(=O)CCCc1ccccc1)Nc1cccc(-c2nccs2)c1. The minimum Gasteiger partial charge on any atom is -0.325 e. The Morgan fingerprint density at radius 2 is 1.89 bits per heavy atom. The minimum atomic E-state index is -3.45. The van der Waals surface area contributed by atoms with Crippen LogP contribution in [0, 0.1) is 0 Å². The highest BCUT2D eigenvalue weighted by molar-refractivity contribution is 7.92. The van der Waals surface area contributed by atoms with Crippen LogP contribution in [-0.4, -0.2) is 30.8 Å². The van der Waals surface area contributed by atoms with Gasteiger partial charge in [0.05, 0.1) is 5.75 Å². The van der Waals surface area contributed by atoms with E-state index in [1.165, 1.54) is 11.3 Å². The lowest BCUT2D eigenvalue weighted by Crippen LogP contribution is -2.24. The van der Waals surface area contributed by atoms with E-state index in [9.17, 15) is 13.2 Å². The van der Waals surface area contributed by atoms with E-state index >= 15 is 0 Å². The zero-order valence-corrected chi connectivity index (χ0v) is 16.3. The number of aromatic nitrogens is 1. The molecule has 0 radical (unpaired) electrons. The highest BCUT2D eigenvalue weighted by Gasteiger charge is 2.17. The summed E-state index contributed by atoms with van der Waals surface area (Å²) in [6, 6.07) is 16.9. The second kappa shape index (κ2) is 8.92. The number of nitrogens with zero attached hydrogens (tertiary/aromatic N) is 1. The second-order valence-corrected chi connectivity index (χ2v) is 9.23. The largest absolute Gasteiger partial charge is 0.325 e. The molecule has 0 atom stereocenters. The smallest absolute Gasteiger partial charge is 0.239 e. The second-order valence-electron chi connectivity index (χ2n) is 6.15. The highest BCUT2D eigenvalue weighted by Crippen LogP contribution is 2.24. The molecule has 1 heterocycles. The van der Waals surface area contributed by atoms with Crippen LogP contribution in [0.15, 0.2) is 66.2 Å². The molecular weight excluding hydrogens is 380 g/mol. The number of nitrogens with one attached hydrogen (secondary N) is 1. The van der Waals surface area contributed by atoms with Gasteiger partial charge in [0.25, 0.3) is 0 Å². The van der Waals surface area contributed by atoms with E-state index in [0.717, 1.165) is 16.1 Å². The highest BCUT2D eigenvalue weighted by atomic mass is 32.2. The van der Waals surface area contributed by atoms with Gasteiger partial charge in [-0.3, -0.25) is 4.79 Å². The first-order valence-electron chi connectivity index (χ1n) is 8.56. The molecule has 1 N–H and O–H groups in total. The van der Waals surface area contributed by atoms with Crippen molar-refractivity contribution in [3.63, 3.8) is 0 Å². The summed E-state index contributed by atoms with van der Waals surface area (Å²) >= 11 is 1.50. The fourth-order valence-corrected chi connectivity index (χ4v) is 4.54. The van der Waals surface area contributed by atoms with Crippen LogP contribution in [0.4, 0.5) is 5.69 Å². The Morgan fingerprint density at radius 1 is 1.07 bits per heavy atom. The summed E-state index contributed by atoms with van der Waals surface area (Å²) in [4.78, 5) is 16.4. The fourth-order valence-electron chi connectivity index (χ4n) is 2.71. The molecule has 3 rings (SSSR count). The number of hydrogen-bond acceptors (Lipinski definition) is 5. The van der Waals surface area contributed by atoms with Gasteiger partial charge in [0.2, 0.25) is 5.91 Å². The molecule has 0 aliphatic heterocycles. The number of amides is 1. The van der Waals surface area contributed by atoms with Crippen LogP contribution in [-0.2, 0) is 21.1 Å². The molecule has 0 spiro atoms. The van der Waals surface area contributed by atoms with Crippen LogP contribution in [0.3, 0.4) is 0 Å². The van der Waals surface area contributed by atoms with E-state index in [4.69, 9.17) is 0 Å². The summed E-state index contributed by atoms with van der Waals surface area (Å²) in [5.41, 5.74) is 2.54. The molecule has 140 valence electrons. The van der Waals surface area contributed by atoms with Crippen LogP contribution < -0.4 is 5.32 Å². The maximum Gasteiger partial charge on any atom is 0.239 e. The van der Waals surface area contributed by atoms with E-state index in [1.807, 2.05) is 41.8 Å². The average molecular weight is 401 g/mol. The molecule has 1 aromatic heterocycles. The summed E-state index contributed by atoms with van der Waals surface area (Å²) in [7, 11) is -3.45. The number of rotatable bonds is 8. The van der Waals surface area contributed by atoms with Crippen molar-refractivity contribution in [1.29, 1.82) is 0 Å². The number of carbonyl (C=O) groups is 1. The Bertz CT molecular complexity index is 985. The molecule has 7 heteroatoms. The molecule has 0 bridgehead atoms. The lowest BCUT2D eigenvalue weighted by Gasteiger charge is -2.08. The molecule has 0 aliphatic carbocycles. The molecule has 0 aliphatic rings. The molecular formula is C20H20N2O3S2. The van der Waals surface area contributed by atoms with Gasteiger partial charge < -0.3 is 5.32 Å². The molecule has 2 aromatic carbocycles. The van der Waals surface area contributed by atoms with Crippen molar-refractivity contribution in [2.45, 2.75) is 12.8 Å². The van der Waals surface area contributed by atoms with E-state index < -0.39 is 21.5 Å². The van der Waals surface area contributed by atoms with E-state index in [-0.39, 0.29) is 5.75 Å². The van der Waals surface area contributed by atoms with Gasteiger partial charge in [-0.05, 0) is 30.5 Å². The first kappa shape index (κ1) is 19.3. The number of anilines is 1. The van der Waals surface area contributed by atoms with E-state index in [0.29, 0.717) is 18.5 Å². The molecule has 5 nitrogen and oxygen atoms in total. The Morgan fingerprint density at radius 3 is 2.63 bits per heavy atom. The van der Waals surface area contributed by atoms with Gasteiger partial charge in [0.1, 0.15) is 10.8 Å². The molecule has 27 heavy (non-hydrogen) atoms. The zero-order chi connectivity index (χ0) is 19.1. The molecule has 3 aromatic rings. The predicted octanol–water partition coefficient (Wildman–Crippen LogP) is 3.80. The topological polar surface area (TPSA) is 76.1 Å². The summed E-state index contributed by atoms with van der Waals surface area (Å²) in [6.07, 6.45) is 2.89. The van der Waals surface area contributed by atoms with Gasteiger partial charge in [-0.15, -0.1) is 11.3 Å². The minimum absolute atomic E-state index is 0.00549. The Labute approximate surface area is 163 Å². The van der Waals surface area contributed by atoms with Gasteiger partial charge in [-0.25, -0.2) is 13.4 Å². The van der Waals surface area contributed by atoms with Crippen LogP contribution in [0.25, 0.3) is 10.6 Å². The quantitative estimate of drug-likeness (QED) is 0.624. The van der Waals surface area contributed by atoms with Gasteiger partial charge in [-0.2, -0.15) is 0 Å². The fraction of sp³-hybridized carbons (Fsp3) is 0.200. The number of aryl methyl sites for hydroxylation is 1. The third-order valence-corrected chi connectivity index (χ3v) is 6.38. The third kappa shape index (κ3) is 6.01. The first-order valence-corrected chi connectivity index (χ1v) is 11.3. The molecule has 0 unspecified atom stereocenters. The standard InChI is InChI=1S/C20H20N2O3S2/c23-19(15-27(24,25)13-5-8-16-6-2-1-3-7-16)22-18-10-4-9-17(14-18)20-21-11-12-26-20/h1-4,6-7,9-12,14H,5,8,13,15H2,(H,22,23). The van der Waals surface area contributed by atoms with Crippen molar-refractivity contribution in [2.24, 2.45) is 0 Å². The summed E-state index contributed by atoms with van der Waals surface area (Å²) in [5.74, 6) is -1.04. The maximum absolute atomic E-state index is 12.2. The average Bonchev–Trinajstić information content (AvgIpc) is 3.17. The van der Waals surface area contributed by atoms with Crippen molar-refractivity contribution in [1.82, 2.24) is 4.98 Å². The summed E-state index contributed by atoms with van der Waals surface area (Å²) < 4.78 is 24.4. The van der Waals surface area contributed by atoms with Crippen molar-refractivity contribution in [3.05, 3.63) is 71.7 Å². The van der Waals surface area contributed by atoms with Crippen molar-refractivity contribution >= 4 is 32.8 Å². The Hall–Kier alpha value is -2.51. The van der Waals surface area contributed by atoms with Gasteiger partial charge in [-0.1, -0.05) is 42.5 Å². The van der Waals surface area contributed by atoms with Gasteiger partial charge >= 0.3 is 0 Å². The Balaban J connectivity index is 1.53. The number of carbonyl (C=O) groups excluding carboxylic acids is 1. The van der Waals surface area contributed by atoms with Crippen molar-refractivity contribution < 1.29 is 13.2 Å². The van der Waals surface area contributed by atoms with Crippen LogP contribution in [0.1, 0.15) is 12.0 Å². The van der Waals surface area contributed by atoms with Crippen LogP contribution in [0.5, 0.6) is 0 Å². The molecule has 0 fully saturated rings. The Kier molecular flexibility index (Phi) is 6.36. The molecule has 0 saturated carbocycles. The molecule has 0 saturated heterocycles. The first-order chi connectivity index (χ1) is 13.0. The van der Waals surface area contributed by atoms with Crippen LogP contribution in [0.2, 0.25) is 0 Å². The number of hydrogen-bond donors (Lipinski definition) is 1. The van der Waals surface area contributed by atoms with E-state index in [2.05, 4.69) is 10.3 Å². The number of thiazole rings is 1. The van der Waals surface area contributed by atoms with E-state index in [1.54, 1.807) is 24.4 Å². The monoisotopic (exact) mass is 400 g/mol. The molecule has 1 amide bonds. The van der Waals surface area contributed by atoms with Gasteiger partial charge in [0.15, 0.2) is 9.84 Å². The lowest BCUT2D eigenvalue weighted by atomic mass is 10.1. The zero-order valence-electron chi connectivity index (χ0n) is 14.7. The number of benzene rings is 2. The summed E-state index contributed by atoms with van der Waals surface area (Å²) in [5, 5.41) is 5.39. The maximum atomic E-state index is 12.2.